The fourth-order valence-electron chi connectivity index (χ4n) is 2.85. The standard InChI is InChI=1S/C22H18OSe/c1-2-16-9-8-12-18(15-16)24-22-19-13-6-7-14-20(19)23-21(22)17-10-4-3-5-11-17/h3-15H,2H2,1H3. The molecule has 0 fully saturated rings. The van der Waals surface area contributed by atoms with Crippen LogP contribution in [0.25, 0.3) is 22.3 Å². The average molecular weight is 377 g/mol. The van der Waals surface area contributed by atoms with Crippen molar-refractivity contribution in [2.45, 2.75) is 13.3 Å². The van der Waals surface area contributed by atoms with Crippen molar-refractivity contribution < 1.29 is 4.42 Å². The number of benzene rings is 3. The van der Waals surface area contributed by atoms with E-state index in [4.69, 9.17) is 4.42 Å². The fraction of sp³-hybridized carbons (Fsp3) is 0.0909. The van der Waals surface area contributed by atoms with Crippen LogP contribution in [-0.4, -0.2) is 15.0 Å². The molecule has 1 aromatic heterocycles. The molecule has 1 nitrogen and oxygen atoms in total. The second kappa shape index (κ2) is 6.68. The number of hydrogen-bond acceptors (Lipinski definition) is 1. The Morgan fingerprint density at radius 3 is 2.46 bits per heavy atom. The first-order valence-electron chi connectivity index (χ1n) is 8.19. The molecule has 1 heterocycles. The van der Waals surface area contributed by atoms with Crippen LogP contribution in [0.15, 0.2) is 83.3 Å². The molecule has 4 rings (SSSR count). The molecule has 0 N–H and O–H groups in total. The van der Waals surface area contributed by atoms with Crippen LogP contribution in [0.3, 0.4) is 0 Å². The molecule has 4 aromatic rings. The summed E-state index contributed by atoms with van der Waals surface area (Å²) in [6.45, 7) is 2.20. The zero-order chi connectivity index (χ0) is 16.4. The van der Waals surface area contributed by atoms with Crippen LogP contribution < -0.4 is 8.92 Å². The number of aryl methyl sites for hydroxylation is 1. The van der Waals surface area contributed by atoms with Gasteiger partial charge >= 0.3 is 148 Å². The summed E-state index contributed by atoms with van der Waals surface area (Å²) in [5.41, 5.74) is 3.51. The van der Waals surface area contributed by atoms with Gasteiger partial charge in [-0.25, -0.2) is 0 Å². The summed E-state index contributed by atoms with van der Waals surface area (Å²) >= 11 is 0.211. The molecular weight excluding hydrogens is 359 g/mol. The van der Waals surface area contributed by atoms with Crippen molar-refractivity contribution in [2.24, 2.45) is 0 Å². The van der Waals surface area contributed by atoms with Gasteiger partial charge in [0.25, 0.3) is 0 Å². The van der Waals surface area contributed by atoms with E-state index in [0.29, 0.717) is 0 Å². The molecule has 0 aliphatic rings. The Balaban J connectivity index is 1.86. The van der Waals surface area contributed by atoms with Crippen LogP contribution in [0.4, 0.5) is 0 Å². The van der Waals surface area contributed by atoms with Crippen LogP contribution in [-0.2, 0) is 6.42 Å². The average Bonchev–Trinajstić information content (AvgIpc) is 3.01. The molecule has 0 unspecified atom stereocenters. The summed E-state index contributed by atoms with van der Waals surface area (Å²) in [7, 11) is 0. The summed E-state index contributed by atoms with van der Waals surface area (Å²) in [6.07, 6.45) is 1.07. The van der Waals surface area contributed by atoms with Gasteiger partial charge in [-0.15, -0.1) is 0 Å². The SMILES string of the molecule is CCc1cccc([Se]c2c(-c3ccccc3)oc3ccccc23)c1. The molecule has 3 aromatic carbocycles. The number of para-hydroxylation sites is 1. The summed E-state index contributed by atoms with van der Waals surface area (Å²) in [4.78, 5) is 0. The van der Waals surface area contributed by atoms with Crippen molar-refractivity contribution in [3.63, 3.8) is 0 Å². The number of fused-ring (bicyclic) bond motifs is 1. The fourth-order valence-corrected chi connectivity index (χ4v) is 5.21. The van der Waals surface area contributed by atoms with Gasteiger partial charge in [0.05, 0.1) is 0 Å². The normalized spacial score (nSPS) is 11.0. The first kappa shape index (κ1) is 15.3. The third-order valence-electron chi connectivity index (χ3n) is 4.11. The molecule has 0 spiro atoms. The first-order valence-corrected chi connectivity index (χ1v) is 9.90. The van der Waals surface area contributed by atoms with E-state index in [1.165, 1.54) is 19.9 Å². The molecule has 0 aliphatic heterocycles. The van der Waals surface area contributed by atoms with Gasteiger partial charge in [-0.3, -0.25) is 0 Å². The van der Waals surface area contributed by atoms with Crippen LogP contribution >= 0.6 is 0 Å². The van der Waals surface area contributed by atoms with Gasteiger partial charge in [0.15, 0.2) is 0 Å². The van der Waals surface area contributed by atoms with E-state index >= 15 is 0 Å². The van der Waals surface area contributed by atoms with Crippen LogP contribution in [0.5, 0.6) is 0 Å². The van der Waals surface area contributed by atoms with Crippen LogP contribution in [0.2, 0.25) is 0 Å². The Morgan fingerprint density at radius 2 is 1.62 bits per heavy atom. The first-order chi connectivity index (χ1) is 11.8. The Hall–Kier alpha value is -2.28. The van der Waals surface area contributed by atoms with Crippen molar-refractivity contribution in [1.29, 1.82) is 0 Å². The van der Waals surface area contributed by atoms with Crippen LogP contribution in [0, 0.1) is 0 Å². The topological polar surface area (TPSA) is 13.1 Å². The molecule has 0 saturated heterocycles. The maximum absolute atomic E-state index is 6.23. The third kappa shape index (κ3) is 2.91. The Morgan fingerprint density at radius 1 is 0.833 bits per heavy atom. The van der Waals surface area contributed by atoms with E-state index in [2.05, 4.69) is 73.7 Å². The van der Waals surface area contributed by atoms with Gasteiger partial charge in [0.2, 0.25) is 0 Å². The van der Waals surface area contributed by atoms with Gasteiger partial charge in [0, 0.05) is 0 Å². The van der Waals surface area contributed by atoms with Gasteiger partial charge in [-0.2, -0.15) is 0 Å². The quantitative estimate of drug-likeness (QED) is 0.483. The second-order valence-corrected chi connectivity index (χ2v) is 8.00. The number of rotatable bonds is 4. The number of furan rings is 1. The van der Waals surface area contributed by atoms with Gasteiger partial charge in [-0.05, 0) is 0 Å². The summed E-state index contributed by atoms with van der Waals surface area (Å²) in [5.74, 6) is 1.01. The maximum atomic E-state index is 6.23. The molecule has 0 amide bonds. The minimum atomic E-state index is 0.211. The van der Waals surface area contributed by atoms with E-state index in [1.54, 1.807) is 0 Å². The minimum absolute atomic E-state index is 0.211. The van der Waals surface area contributed by atoms with E-state index in [0.717, 1.165) is 23.3 Å². The predicted octanol–water partition coefficient (Wildman–Crippen LogP) is 4.32. The predicted molar refractivity (Wildman–Crippen MR) is 102 cm³/mol. The molecule has 24 heavy (non-hydrogen) atoms. The summed E-state index contributed by atoms with van der Waals surface area (Å²) in [6, 6.07) is 27.7. The van der Waals surface area contributed by atoms with Gasteiger partial charge in [-0.1, -0.05) is 0 Å². The zero-order valence-electron chi connectivity index (χ0n) is 13.5. The number of hydrogen-bond donors (Lipinski definition) is 0. The Bertz CT molecular complexity index is 970. The van der Waals surface area contributed by atoms with E-state index < -0.39 is 0 Å². The molecule has 0 saturated carbocycles. The van der Waals surface area contributed by atoms with Crippen molar-refractivity contribution >= 4 is 34.8 Å². The molecule has 118 valence electrons. The molecule has 0 radical (unpaired) electrons. The van der Waals surface area contributed by atoms with E-state index in [-0.39, 0.29) is 15.0 Å². The Labute approximate surface area is 148 Å². The van der Waals surface area contributed by atoms with Crippen LogP contribution in [0.1, 0.15) is 12.5 Å². The summed E-state index contributed by atoms with van der Waals surface area (Å²) in [5, 5.41) is 1.23. The van der Waals surface area contributed by atoms with Gasteiger partial charge < -0.3 is 0 Å². The molecular formula is C22H18OSe. The van der Waals surface area contributed by atoms with E-state index in [1.807, 2.05) is 12.1 Å². The molecule has 2 heteroatoms. The molecule has 0 atom stereocenters. The second-order valence-electron chi connectivity index (χ2n) is 5.73. The van der Waals surface area contributed by atoms with E-state index in [9.17, 15) is 0 Å². The van der Waals surface area contributed by atoms with Crippen molar-refractivity contribution in [3.05, 3.63) is 84.4 Å². The molecule has 0 aliphatic carbocycles. The van der Waals surface area contributed by atoms with Crippen molar-refractivity contribution in [2.75, 3.05) is 0 Å². The molecule has 0 bridgehead atoms. The van der Waals surface area contributed by atoms with Crippen molar-refractivity contribution in [1.82, 2.24) is 0 Å². The van der Waals surface area contributed by atoms with Crippen molar-refractivity contribution in [3.8, 4) is 11.3 Å². The third-order valence-corrected chi connectivity index (χ3v) is 6.42. The zero-order valence-corrected chi connectivity index (χ0v) is 15.2. The van der Waals surface area contributed by atoms with Gasteiger partial charge in [0.1, 0.15) is 0 Å². The Kier molecular flexibility index (Phi) is 4.25. The monoisotopic (exact) mass is 378 g/mol. The summed E-state index contributed by atoms with van der Waals surface area (Å²) < 4.78 is 8.95.